The van der Waals surface area contributed by atoms with Crippen molar-refractivity contribution in [3.63, 3.8) is 0 Å². The number of benzene rings is 2. The first-order valence-corrected chi connectivity index (χ1v) is 7.31. The summed E-state index contributed by atoms with van der Waals surface area (Å²) in [6, 6.07) is 12.2. The molecule has 0 aliphatic carbocycles. The minimum absolute atomic E-state index is 0.0000499. The van der Waals surface area contributed by atoms with Crippen molar-refractivity contribution >= 4 is 28.5 Å². The zero-order valence-corrected chi connectivity index (χ0v) is 13.2. The number of phenols is 1. The molecule has 0 bridgehead atoms. The smallest absolute Gasteiger partial charge is 0.336 e. The molecule has 25 heavy (non-hydrogen) atoms. The summed E-state index contributed by atoms with van der Waals surface area (Å²) in [5.74, 6) is -1.24. The van der Waals surface area contributed by atoms with Crippen LogP contribution >= 0.6 is 0 Å². The number of nitrogens with zero attached hydrogens (tertiary/aromatic N) is 1. The maximum absolute atomic E-state index is 12.4. The summed E-state index contributed by atoms with van der Waals surface area (Å²) in [6.45, 7) is 0. The van der Waals surface area contributed by atoms with Gasteiger partial charge in [0.1, 0.15) is 22.7 Å². The first kappa shape index (κ1) is 16.3. The Kier molecular flexibility index (Phi) is 4.21. The predicted molar refractivity (Wildman–Crippen MR) is 91.3 cm³/mol. The summed E-state index contributed by atoms with van der Waals surface area (Å²) < 4.78 is 5.10. The highest BCUT2D eigenvalue weighted by Gasteiger charge is 2.15. The van der Waals surface area contributed by atoms with Gasteiger partial charge in [-0.1, -0.05) is 6.07 Å². The van der Waals surface area contributed by atoms with Gasteiger partial charge in [0.05, 0.1) is 12.7 Å². The van der Waals surface area contributed by atoms with Gasteiger partial charge < -0.3 is 20.3 Å². The Labute approximate surface area is 142 Å². The van der Waals surface area contributed by atoms with Crippen LogP contribution in [0, 0.1) is 0 Å². The van der Waals surface area contributed by atoms with Crippen molar-refractivity contribution in [2.24, 2.45) is 0 Å². The van der Waals surface area contributed by atoms with E-state index >= 15 is 0 Å². The van der Waals surface area contributed by atoms with Crippen LogP contribution in [0.4, 0.5) is 5.69 Å². The zero-order valence-electron chi connectivity index (χ0n) is 13.2. The van der Waals surface area contributed by atoms with Gasteiger partial charge in [-0.3, -0.25) is 4.79 Å². The Morgan fingerprint density at radius 1 is 1.12 bits per heavy atom. The normalized spacial score (nSPS) is 10.4. The van der Waals surface area contributed by atoms with Gasteiger partial charge in [0.25, 0.3) is 5.91 Å². The largest absolute Gasteiger partial charge is 0.506 e. The summed E-state index contributed by atoms with van der Waals surface area (Å²) in [4.78, 5) is 27.7. The lowest BCUT2D eigenvalue weighted by Crippen LogP contribution is -2.14. The average molecular weight is 338 g/mol. The van der Waals surface area contributed by atoms with Gasteiger partial charge in [-0.05, 0) is 36.4 Å². The number of carboxylic acid groups (broad SMARTS) is 1. The third kappa shape index (κ3) is 3.20. The molecule has 0 aliphatic heterocycles. The van der Waals surface area contributed by atoms with Gasteiger partial charge in [0, 0.05) is 17.1 Å². The van der Waals surface area contributed by atoms with Crippen molar-refractivity contribution in [3.8, 4) is 11.5 Å². The van der Waals surface area contributed by atoms with Gasteiger partial charge in [-0.15, -0.1) is 0 Å². The zero-order chi connectivity index (χ0) is 18.0. The fourth-order valence-corrected chi connectivity index (χ4v) is 2.41. The van der Waals surface area contributed by atoms with Crippen molar-refractivity contribution in [2.75, 3.05) is 12.4 Å². The van der Waals surface area contributed by atoms with Crippen LogP contribution in [0.5, 0.6) is 11.5 Å². The molecule has 0 spiro atoms. The van der Waals surface area contributed by atoms with Crippen molar-refractivity contribution < 1.29 is 24.5 Å². The molecule has 1 amide bonds. The lowest BCUT2D eigenvalue weighted by atomic mass is 10.1. The minimum Gasteiger partial charge on any atom is -0.506 e. The monoisotopic (exact) mass is 338 g/mol. The molecule has 126 valence electrons. The van der Waals surface area contributed by atoms with E-state index in [4.69, 9.17) is 4.74 Å². The number of methoxy groups -OCH3 is 1. The predicted octanol–water partition coefficient (Wildman–Crippen LogP) is 2.90. The van der Waals surface area contributed by atoms with E-state index in [-0.39, 0.29) is 27.9 Å². The molecule has 0 saturated heterocycles. The number of phenolic OH excluding ortho intramolecular Hbond substituents is 1. The third-order valence-corrected chi connectivity index (χ3v) is 3.63. The van der Waals surface area contributed by atoms with E-state index in [9.17, 15) is 19.8 Å². The highest BCUT2D eigenvalue weighted by atomic mass is 16.5. The van der Waals surface area contributed by atoms with E-state index in [0.29, 0.717) is 11.4 Å². The number of ether oxygens (including phenoxy) is 1. The molecular formula is C18H14N2O5. The van der Waals surface area contributed by atoms with Crippen LogP contribution in [0.15, 0.2) is 48.5 Å². The van der Waals surface area contributed by atoms with Crippen LogP contribution in [-0.2, 0) is 0 Å². The van der Waals surface area contributed by atoms with E-state index in [0.717, 1.165) is 0 Å². The quantitative estimate of drug-likeness (QED) is 0.675. The SMILES string of the molecule is COc1cccc(NC(=O)c2ccc3c(C(=O)O)ccc(O)c3n2)c1. The molecule has 7 nitrogen and oxygen atoms in total. The third-order valence-electron chi connectivity index (χ3n) is 3.63. The molecule has 3 aromatic rings. The van der Waals surface area contributed by atoms with Gasteiger partial charge in [-0.25, -0.2) is 9.78 Å². The van der Waals surface area contributed by atoms with Crippen molar-refractivity contribution in [1.29, 1.82) is 0 Å². The lowest BCUT2D eigenvalue weighted by molar-refractivity contribution is 0.0699. The molecule has 0 saturated carbocycles. The van der Waals surface area contributed by atoms with Gasteiger partial charge in [0.15, 0.2) is 0 Å². The topological polar surface area (TPSA) is 109 Å². The maximum atomic E-state index is 12.4. The molecule has 1 heterocycles. The van der Waals surface area contributed by atoms with Crippen LogP contribution in [0.25, 0.3) is 10.9 Å². The number of fused-ring (bicyclic) bond motifs is 1. The second-order valence-corrected chi connectivity index (χ2v) is 5.22. The summed E-state index contributed by atoms with van der Waals surface area (Å²) in [7, 11) is 1.52. The summed E-state index contributed by atoms with van der Waals surface area (Å²) in [5.41, 5.74) is 0.626. The van der Waals surface area contributed by atoms with Crippen LogP contribution in [0.2, 0.25) is 0 Å². The van der Waals surface area contributed by atoms with Crippen molar-refractivity contribution in [2.45, 2.75) is 0 Å². The van der Waals surface area contributed by atoms with Gasteiger partial charge in [-0.2, -0.15) is 0 Å². The highest BCUT2D eigenvalue weighted by Crippen LogP contribution is 2.26. The Morgan fingerprint density at radius 2 is 1.92 bits per heavy atom. The Balaban J connectivity index is 1.97. The number of carbonyl (C=O) groups excluding carboxylic acids is 1. The van der Waals surface area contributed by atoms with E-state index in [2.05, 4.69) is 10.3 Å². The van der Waals surface area contributed by atoms with E-state index < -0.39 is 11.9 Å². The summed E-state index contributed by atoms with van der Waals surface area (Å²) in [5, 5.41) is 22.1. The van der Waals surface area contributed by atoms with Crippen LogP contribution in [-0.4, -0.2) is 34.2 Å². The van der Waals surface area contributed by atoms with Gasteiger partial charge >= 0.3 is 5.97 Å². The lowest BCUT2D eigenvalue weighted by Gasteiger charge is -2.09. The number of aromatic hydroxyl groups is 1. The minimum atomic E-state index is -1.14. The number of aromatic nitrogens is 1. The highest BCUT2D eigenvalue weighted by molar-refractivity contribution is 6.07. The number of carbonyl (C=O) groups is 2. The molecule has 3 N–H and O–H groups in total. The molecule has 0 unspecified atom stereocenters. The first-order valence-electron chi connectivity index (χ1n) is 7.31. The van der Waals surface area contributed by atoms with E-state index in [1.54, 1.807) is 24.3 Å². The number of aromatic carboxylic acids is 1. The molecule has 0 aliphatic rings. The van der Waals surface area contributed by atoms with Crippen molar-refractivity contribution in [1.82, 2.24) is 4.98 Å². The molecular weight excluding hydrogens is 324 g/mol. The number of nitrogens with one attached hydrogen (secondary N) is 1. The number of pyridine rings is 1. The molecule has 1 aromatic heterocycles. The summed E-state index contributed by atoms with van der Waals surface area (Å²) >= 11 is 0. The number of anilines is 1. The molecule has 0 fully saturated rings. The second kappa shape index (κ2) is 6.48. The van der Waals surface area contributed by atoms with E-state index in [1.165, 1.54) is 31.4 Å². The number of carboxylic acids is 1. The van der Waals surface area contributed by atoms with Gasteiger partial charge in [0.2, 0.25) is 0 Å². The molecule has 2 aromatic carbocycles. The van der Waals surface area contributed by atoms with Crippen LogP contribution in [0.3, 0.4) is 0 Å². The molecule has 0 radical (unpaired) electrons. The van der Waals surface area contributed by atoms with Crippen LogP contribution < -0.4 is 10.1 Å². The Morgan fingerprint density at radius 3 is 2.64 bits per heavy atom. The molecule has 7 heteroatoms. The Hall–Kier alpha value is -3.61. The van der Waals surface area contributed by atoms with Crippen LogP contribution in [0.1, 0.15) is 20.8 Å². The number of hydrogen-bond acceptors (Lipinski definition) is 5. The summed E-state index contributed by atoms with van der Waals surface area (Å²) in [6.07, 6.45) is 0. The Bertz CT molecular complexity index is 984. The molecule has 3 rings (SSSR count). The first-order chi connectivity index (χ1) is 12.0. The molecule has 0 atom stereocenters. The maximum Gasteiger partial charge on any atom is 0.336 e. The van der Waals surface area contributed by atoms with Crippen molar-refractivity contribution in [3.05, 3.63) is 59.8 Å². The standard InChI is InChI=1S/C18H14N2O5/c1-25-11-4-2-3-10(9-11)19-17(22)14-7-5-12-13(18(23)24)6-8-15(21)16(12)20-14/h2-9,21H,1H3,(H,19,22)(H,23,24). The number of hydrogen-bond donors (Lipinski definition) is 3. The second-order valence-electron chi connectivity index (χ2n) is 5.22. The fourth-order valence-electron chi connectivity index (χ4n) is 2.41. The number of amides is 1. The van der Waals surface area contributed by atoms with E-state index in [1.807, 2.05) is 0 Å². The average Bonchev–Trinajstić information content (AvgIpc) is 2.61. The fraction of sp³-hybridized carbons (Fsp3) is 0.0556. The number of rotatable bonds is 4.